The molecule has 2 heterocycles. The van der Waals surface area contributed by atoms with Crippen molar-refractivity contribution in [2.24, 2.45) is 11.8 Å². The number of nitrogens with zero attached hydrogens (tertiary/aromatic N) is 2. The smallest absolute Gasteiger partial charge is 0.220 e. The molecule has 3 atom stereocenters. The van der Waals surface area contributed by atoms with Crippen LogP contribution in [0.5, 0.6) is 0 Å². The number of carbonyl (C=O) groups excluding carboxylic acids is 1. The van der Waals surface area contributed by atoms with Gasteiger partial charge in [0.15, 0.2) is 0 Å². The van der Waals surface area contributed by atoms with E-state index in [1.54, 1.807) is 0 Å². The van der Waals surface area contributed by atoms with Crippen molar-refractivity contribution in [3.8, 4) is 0 Å². The Morgan fingerprint density at radius 1 is 1.00 bits per heavy atom. The monoisotopic (exact) mass is 497 g/mol. The standard InChI is InChI=1S/C28H36ClN3OS/c29-22-11-13-23(14-12-22)32-18-16-31(17-19-32)15-5-10-27(33)30-28-24-7-2-1-6-21(24)20-34-26-9-4-3-8-25(26)28/h3-4,8-9,11-14,21,24,28H,1-2,5-7,10,15-20H2,(H,30,33)/t21-,24+,28+/m0/s1. The van der Waals surface area contributed by atoms with Crippen molar-refractivity contribution < 1.29 is 4.79 Å². The molecule has 0 unspecified atom stereocenters. The molecule has 1 amide bonds. The molecule has 0 spiro atoms. The van der Waals surface area contributed by atoms with Crippen molar-refractivity contribution in [3.63, 3.8) is 0 Å². The second-order valence-electron chi connectivity index (χ2n) is 10.0. The third-order valence-corrected chi connectivity index (χ3v) is 9.39. The highest BCUT2D eigenvalue weighted by Crippen LogP contribution is 2.46. The normalized spacial score (nSPS) is 25.2. The lowest BCUT2D eigenvalue weighted by molar-refractivity contribution is -0.122. The van der Waals surface area contributed by atoms with Gasteiger partial charge in [0.25, 0.3) is 0 Å². The van der Waals surface area contributed by atoms with Crippen molar-refractivity contribution in [3.05, 3.63) is 59.1 Å². The van der Waals surface area contributed by atoms with Gasteiger partial charge in [-0.3, -0.25) is 9.69 Å². The van der Waals surface area contributed by atoms with Crippen molar-refractivity contribution in [2.45, 2.75) is 49.5 Å². The van der Waals surface area contributed by atoms with E-state index >= 15 is 0 Å². The van der Waals surface area contributed by atoms with Crippen LogP contribution in [0.2, 0.25) is 5.02 Å². The van der Waals surface area contributed by atoms with Crippen LogP contribution >= 0.6 is 23.4 Å². The summed E-state index contributed by atoms with van der Waals surface area (Å²) in [5.74, 6) is 2.70. The van der Waals surface area contributed by atoms with Gasteiger partial charge in [-0.1, -0.05) is 42.6 Å². The van der Waals surface area contributed by atoms with E-state index in [2.05, 4.69) is 51.5 Å². The molecule has 6 heteroatoms. The van der Waals surface area contributed by atoms with Crippen LogP contribution in [0.4, 0.5) is 5.69 Å². The first-order valence-corrected chi connectivity index (χ1v) is 14.3. The molecule has 1 aliphatic carbocycles. The number of nitrogens with one attached hydrogen (secondary N) is 1. The Hall–Kier alpha value is -1.69. The highest BCUT2D eigenvalue weighted by atomic mass is 35.5. The maximum Gasteiger partial charge on any atom is 0.220 e. The predicted octanol–water partition coefficient (Wildman–Crippen LogP) is 6.01. The number of hydrogen-bond donors (Lipinski definition) is 1. The summed E-state index contributed by atoms with van der Waals surface area (Å²) in [6, 6.07) is 17.0. The molecular formula is C28H36ClN3OS. The number of benzene rings is 2. The lowest BCUT2D eigenvalue weighted by atomic mass is 9.74. The van der Waals surface area contributed by atoms with Crippen LogP contribution in [0.1, 0.15) is 50.1 Å². The molecule has 4 nitrogen and oxygen atoms in total. The first kappa shape index (κ1) is 24.0. The van der Waals surface area contributed by atoms with Gasteiger partial charge < -0.3 is 10.2 Å². The van der Waals surface area contributed by atoms with E-state index in [0.717, 1.165) is 44.2 Å². The van der Waals surface area contributed by atoms with Crippen LogP contribution in [0.25, 0.3) is 0 Å². The lowest BCUT2D eigenvalue weighted by Crippen LogP contribution is -2.46. The van der Waals surface area contributed by atoms with Crippen LogP contribution < -0.4 is 10.2 Å². The van der Waals surface area contributed by atoms with E-state index in [1.807, 2.05) is 23.9 Å². The van der Waals surface area contributed by atoms with Gasteiger partial charge in [0.05, 0.1) is 6.04 Å². The zero-order chi connectivity index (χ0) is 23.3. The molecule has 0 bridgehead atoms. The fraction of sp³-hybridized carbons (Fsp3) is 0.536. The van der Waals surface area contributed by atoms with Crippen LogP contribution in [0, 0.1) is 11.8 Å². The first-order valence-electron chi connectivity index (χ1n) is 12.9. The van der Waals surface area contributed by atoms with Gasteiger partial charge >= 0.3 is 0 Å². The molecule has 1 saturated heterocycles. The highest BCUT2D eigenvalue weighted by Gasteiger charge is 2.37. The summed E-state index contributed by atoms with van der Waals surface area (Å²) in [6.07, 6.45) is 6.71. The Morgan fingerprint density at radius 2 is 1.76 bits per heavy atom. The fourth-order valence-electron chi connectivity index (χ4n) is 5.95. The number of anilines is 1. The molecule has 1 saturated carbocycles. The predicted molar refractivity (Wildman–Crippen MR) is 143 cm³/mol. The average Bonchev–Trinajstić information content (AvgIpc) is 3.02. The van der Waals surface area contributed by atoms with E-state index in [4.69, 9.17) is 11.6 Å². The highest BCUT2D eigenvalue weighted by molar-refractivity contribution is 7.99. The van der Waals surface area contributed by atoms with Crippen LogP contribution in [-0.2, 0) is 4.79 Å². The zero-order valence-electron chi connectivity index (χ0n) is 19.9. The van der Waals surface area contributed by atoms with Gasteiger partial charge in [0, 0.05) is 54.0 Å². The minimum Gasteiger partial charge on any atom is -0.369 e. The van der Waals surface area contributed by atoms with Crippen molar-refractivity contribution in [2.75, 3.05) is 43.4 Å². The van der Waals surface area contributed by atoms with Gasteiger partial charge in [-0.25, -0.2) is 0 Å². The molecule has 0 aromatic heterocycles. The van der Waals surface area contributed by atoms with Crippen LogP contribution in [0.3, 0.4) is 0 Å². The topological polar surface area (TPSA) is 35.6 Å². The van der Waals surface area contributed by atoms with E-state index < -0.39 is 0 Å². The molecule has 2 aromatic rings. The molecule has 34 heavy (non-hydrogen) atoms. The SMILES string of the molecule is O=C(CCCN1CCN(c2ccc(Cl)cc2)CC1)N[C@H]1c2ccccc2SC[C@@H]2CCCC[C@H]21. The summed E-state index contributed by atoms with van der Waals surface area (Å²) in [6.45, 7) is 5.12. The largest absolute Gasteiger partial charge is 0.369 e. The Morgan fingerprint density at radius 3 is 2.59 bits per heavy atom. The van der Waals surface area contributed by atoms with E-state index in [-0.39, 0.29) is 11.9 Å². The number of thioether (sulfide) groups is 1. The number of carbonyl (C=O) groups is 1. The maximum atomic E-state index is 13.1. The summed E-state index contributed by atoms with van der Waals surface area (Å²) < 4.78 is 0. The number of amides is 1. The average molecular weight is 498 g/mol. The van der Waals surface area contributed by atoms with Crippen LogP contribution in [-0.4, -0.2) is 49.3 Å². The quantitative estimate of drug-likeness (QED) is 0.530. The summed E-state index contributed by atoms with van der Waals surface area (Å²) in [4.78, 5) is 19.3. The van der Waals surface area contributed by atoms with Gasteiger partial charge in [-0.2, -0.15) is 0 Å². The minimum absolute atomic E-state index is 0.173. The Labute approximate surface area is 213 Å². The van der Waals surface area contributed by atoms with E-state index in [0.29, 0.717) is 18.3 Å². The number of hydrogen-bond acceptors (Lipinski definition) is 4. The van der Waals surface area contributed by atoms with Gasteiger partial charge in [-0.15, -0.1) is 11.8 Å². The Balaban J connectivity index is 1.11. The first-order chi connectivity index (χ1) is 16.7. The van der Waals surface area contributed by atoms with Crippen molar-refractivity contribution in [1.82, 2.24) is 10.2 Å². The molecule has 182 valence electrons. The number of piperazine rings is 1. The Bertz CT molecular complexity index is 960. The molecule has 1 N–H and O–H groups in total. The minimum atomic E-state index is 0.173. The molecule has 5 rings (SSSR count). The molecule has 2 fully saturated rings. The second kappa shape index (κ2) is 11.4. The summed E-state index contributed by atoms with van der Waals surface area (Å²) in [7, 11) is 0. The maximum absolute atomic E-state index is 13.1. The van der Waals surface area contributed by atoms with Crippen LogP contribution in [0.15, 0.2) is 53.4 Å². The second-order valence-corrected chi connectivity index (χ2v) is 11.5. The number of rotatable bonds is 6. The number of halogens is 1. The zero-order valence-corrected chi connectivity index (χ0v) is 21.5. The fourth-order valence-corrected chi connectivity index (χ4v) is 7.42. The summed E-state index contributed by atoms with van der Waals surface area (Å²) >= 11 is 8.02. The van der Waals surface area contributed by atoms with Crippen molar-refractivity contribution in [1.29, 1.82) is 0 Å². The van der Waals surface area contributed by atoms with E-state index in [9.17, 15) is 4.79 Å². The summed E-state index contributed by atoms with van der Waals surface area (Å²) in [5.41, 5.74) is 2.58. The van der Waals surface area contributed by atoms with E-state index in [1.165, 1.54) is 47.6 Å². The molecule has 2 aromatic carbocycles. The Kier molecular flexibility index (Phi) is 8.03. The molecule has 0 radical (unpaired) electrons. The molecular weight excluding hydrogens is 462 g/mol. The number of fused-ring (bicyclic) bond motifs is 2. The third kappa shape index (κ3) is 5.75. The molecule has 2 aliphatic heterocycles. The van der Waals surface area contributed by atoms with Gasteiger partial charge in [-0.05, 0) is 73.5 Å². The van der Waals surface area contributed by atoms with Gasteiger partial charge in [0.1, 0.15) is 0 Å². The van der Waals surface area contributed by atoms with Gasteiger partial charge in [0.2, 0.25) is 5.91 Å². The third-order valence-electron chi connectivity index (χ3n) is 7.86. The van der Waals surface area contributed by atoms with Crippen molar-refractivity contribution >= 4 is 35.0 Å². The lowest BCUT2D eigenvalue weighted by Gasteiger charge is -2.36. The summed E-state index contributed by atoms with van der Waals surface area (Å²) in [5, 5.41) is 4.28. The molecule has 3 aliphatic rings.